The van der Waals surface area contributed by atoms with Crippen LogP contribution in [-0.4, -0.2) is 41.3 Å². The van der Waals surface area contributed by atoms with E-state index >= 15 is 0 Å². The zero-order chi connectivity index (χ0) is 18.4. The van der Waals surface area contributed by atoms with Crippen molar-refractivity contribution in [3.8, 4) is 0 Å². The summed E-state index contributed by atoms with van der Waals surface area (Å²) in [6.07, 6.45) is 5.40. The third-order valence-corrected chi connectivity index (χ3v) is 7.11. The van der Waals surface area contributed by atoms with Gasteiger partial charge in [0.25, 0.3) is 0 Å². The average Bonchev–Trinajstić information content (AvgIpc) is 3.24. The van der Waals surface area contributed by atoms with Gasteiger partial charge in [-0.1, -0.05) is 12.1 Å². The highest BCUT2D eigenvalue weighted by Crippen LogP contribution is 2.40. The van der Waals surface area contributed by atoms with Gasteiger partial charge < -0.3 is 14.3 Å². The smallest absolute Gasteiger partial charge is 0.141 e. The SMILES string of the molecule is Cc1cc(C[NH+]2CCN(c3ncnc4sc5c(c34)CC[C@H](C)C5)CC2)no1. The number of hydrogen-bond acceptors (Lipinski definition) is 6. The van der Waals surface area contributed by atoms with E-state index in [0.717, 1.165) is 55.9 Å². The number of hydrogen-bond donors (Lipinski definition) is 1. The van der Waals surface area contributed by atoms with Crippen LogP contribution in [-0.2, 0) is 19.4 Å². The number of aryl methyl sites for hydroxylation is 2. The monoisotopic (exact) mass is 384 g/mol. The fourth-order valence-corrected chi connectivity index (χ4v) is 5.81. The second kappa shape index (κ2) is 6.87. The van der Waals surface area contributed by atoms with Gasteiger partial charge in [-0.25, -0.2) is 9.97 Å². The molecule has 4 heterocycles. The first-order valence-electron chi connectivity index (χ1n) is 9.93. The van der Waals surface area contributed by atoms with Gasteiger partial charge in [0.2, 0.25) is 0 Å². The van der Waals surface area contributed by atoms with Gasteiger partial charge in [0, 0.05) is 10.9 Å². The highest BCUT2D eigenvalue weighted by molar-refractivity contribution is 7.19. The van der Waals surface area contributed by atoms with Gasteiger partial charge in [-0.05, 0) is 37.7 Å². The lowest BCUT2D eigenvalue weighted by Gasteiger charge is -2.33. The van der Waals surface area contributed by atoms with Gasteiger partial charge in [-0.3, -0.25) is 0 Å². The van der Waals surface area contributed by atoms with Crippen molar-refractivity contribution in [1.82, 2.24) is 15.1 Å². The van der Waals surface area contributed by atoms with E-state index in [1.807, 2.05) is 24.3 Å². The summed E-state index contributed by atoms with van der Waals surface area (Å²) in [5, 5.41) is 5.48. The number of quaternary nitrogens is 1. The van der Waals surface area contributed by atoms with E-state index in [1.54, 1.807) is 11.2 Å². The molecule has 0 amide bonds. The number of fused-ring (bicyclic) bond motifs is 3. The van der Waals surface area contributed by atoms with Crippen molar-refractivity contribution >= 4 is 27.4 Å². The number of nitrogens with one attached hydrogen (secondary N) is 1. The Bertz CT molecular complexity index is 957. The van der Waals surface area contributed by atoms with Crippen LogP contribution in [0, 0.1) is 12.8 Å². The standard InChI is InChI=1S/C20H25N5OS/c1-13-3-4-16-17(9-13)27-20-18(16)19(21-12-22-20)25-7-5-24(6-8-25)11-15-10-14(2)26-23-15/h10,12-13H,3-9,11H2,1-2H3/p+1/t13-/m0/s1. The Morgan fingerprint density at radius 2 is 2.15 bits per heavy atom. The zero-order valence-corrected chi connectivity index (χ0v) is 16.8. The quantitative estimate of drug-likeness (QED) is 0.749. The Morgan fingerprint density at radius 3 is 2.93 bits per heavy atom. The van der Waals surface area contributed by atoms with E-state index in [2.05, 4.69) is 22.0 Å². The van der Waals surface area contributed by atoms with Gasteiger partial charge in [0.05, 0.1) is 31.6 Å². The first kappa shape index (κ1) is 17.1. The van der Waals surface area contributed by atoms with Crippen molar-refractivity contribution in [3.63, 3.8) is 0 Å². The summed E-state index contributed by atoms with van der Waals surface area (Å²) in [4.78, 5) is 16.1. The maximum atomic E-state index is 5.21. The molecule has 7 heteroatoms. The van der Waals surface area contributed by atoms with Crippen LogP contribution in [0.4, 0.5) is 5.82 Å². The van der Waals surface area contributed by atoms with E-state index in [1.165, 1.54) is 39.9 Å². The Labute approximate surface area is 163 Å². The van der Waals surface area contributed by atoms with Crippen molar-refractivity contribution in [3.05, 3.63) is 34.3 Å². The third kappa shape index (κ3) is 3.23. The second-order valence-electron chi connectivity index (χ2n) is 8.07. The summed E-state index contributed by atoms with van der Waals surface area (Å²) in [6, 6.07) is 2.05. The van der Waals surface area contributed by atoms with E-state index in [-0.39, 0.29) is 0 Å². The molecule has 1 N–H and O–H groups in total. The van der Waals surface area contributed by atoms with Crippen LogP contribution >= 0.6 is 11.3 Å². The lowest BCUT2D eigenvalue weighted by molar-refractivity contribution is -0.914. The van der Waals surface area contributed by atoms with Crippen molar-refractivity contribution in [2.24, 2.45) is 5.92 Å². The van der Waals surface area contributed by atoms with Crippen LogP contribution < -0.4 is 9.80 Å². The fourth-order valence-electron chi connectivity index (χ4n) is 4.47. The molecule has 0 spiro atoms. The number of aromatic nitrogens is 3. The molecule has 0 unspecified atom stereocenters. The Hall–Kier alpha value is -1.99. The van der Waals surface area contributed by atoms with E-state index in [4.69, 9.17) is 9.51 Å². The van der Waals surface area contributed by atoms with Crippen LogP contribution in [0.2, 0.25) is 0 Å². The summed E-state index contributed by atoms with van der Waals surface area (Å²) in [6.45, 7) is 9.50. The molecule has 0 radical (unpaired) electrons. The van der Waals surface area contributed by atoms with E-state index < -0.39 is 0 Å². The number of rotatable bonds is 3. The third-order valence-electron chi connectivity index (χ3n) is 5.95. The van der Waals surface area contributed by atoms with Gasteiger partial charge in [0.15, 0.2) is 0 Å². The Morgan fingerprint density at radius 1 is 1.30 bits per heavy atom. The molecule has 2 aliphatic rings. The average molecular weight is 385 g/mol. The van der Waals surface area contributed by atoms with Gasteiger partial charge in [0.1, 0.15) is 35.0 Å². The van der Waals surface area contributed by atoms with Crippen LogP contribution in [0.25, 0.3) is 10.2 Å². The van der Waals surface area contributed by atoms with Gasteiger partial charge >= 0.3 is 0 Å². The summed E-state index contributed by atoms with van der Waals surface area (Å²) in [5.74, 6) is 2.83. The van der Waals surface area contributed by atoms with Crippen LogP contribution in [0.5, 0.6) is 0 Å². The molecule has 1 atom stereocenters. The minimum atomic E-state index is 0.786. The molecule has 142 valence electrons. The molecule has 3 aromatic heterocycles. The summed E-state index contributed by atoms with van der Waals surface area (Å²) < 4.78 is 5.21. The van der Waals surface area contributed by atoms with E-state index in [9.17, 15) is 0 Å². The van der Waals surface area contributed by atoms with Gasteiger partial charge in [-0.15, -0.1) is 11.3 Å². The molecular formula is C20H26N5OS+. The van der Waals surface area contributed by atoms with Crippen LogP contribution in [0.3, 0.4) is 0 Å². The number of anilines is 1. The maximum Gasteiger partial charge on any atom is 0.141 e. The van der Waals surface area contributed by atoms with Crippen molar-refractivity contribution in [2.75, 3.05) is 31.1 Å². The molecule has 0 aromatic carbocycles. The van der Waals surface area contributed by atoms with Crippen LogP contribution in [0.1, 0.15) is 35.2 Å². The predicted octanol–water partition coefficient (Wildman–Crippen LogP) is 2.02. The number of piperazine rings is 1. The molecule has 1 saturated heterocycles. The molecule has 0 saturated carbocycles. The maximum absolute atomic E-state index is 5.21. The van der Waals surface area contributed by atoms with Gasteiger partial charge in [-0.2, -0.15) is 0 Å². The summed E-state index contributed by atoms with van der Waals surface area (Å²) >= 11 is 1.88. The minimum Gasteiger partial charge on any atom is -0.361 e. The fraction of sp³-hybridized carbons (Fsp3) is 0.550. The lowest BCUT2D eigenvalue weighted by Crippen LogP contribution is -3.13. The lowest BCUT2D eigenvalue weighted by atomic mass is 9.89. The Balaban J connectivity index is 1.36. The first-order valence-corrected chi connectivity index (χ1v) is 10.7. The number of thiophene rings is 1. The van der Waals surface area contributed by atoms with E-state index in [0.29, 0.717) is 0 Å². The molecule has 27 heavy (non-hydrogen) atoms. The molecule has 0 bridgehead atoms. The molecule has 1 aliphatic carbocycles. The molecule has 5 rings (SSSR count). The van der Waals surface area contributed by atoms with Crippen LogP contribution in [0.15, 0.2) is 16.9 Å². The largest absolute Gasteiger partial charge is 0.361 e. The zero-order valence-electron chi connectivity index (χ0n) is 16.0. The molecule has 1 fully saturated rings. The van der Waals surface area contributed by atoms with Crippen molar-refractivity contribution in [1.29, 1.82) is 0 Å². The Kier molecular flexibility index (Phi) is 4.36. The highest BCUT2D eigenvalue weighted by atomic mass is 32.1. The molecule has 1 aliphatic heterocycles. The molecule has 6 nitrogen and oxygen atoms in total. The summed E-state index contributed by atoms with van der Waals surface area (Å²) in [5.41, 5.74) is 2.58. The number of nitrogens with zero attached hydrogens (tertiary/aromatic N) is 4. The minimum absolute atomic E-state index is 0.786. The summed E-state index contributed by atoms with van der Waals surface area (Å²) in [7, 11) is 0. The molecular weight excluding hydrogens is 358 g/mol. The topological polar surface area (TPSA) is 59.5 Å². The normalized spacial score (nSPS) is 21.0. The predicted molar refractivity (Wildman–Crippen MR) is 106 cm³/mol. The first-order chi connectivity index (χ1) is 13.2. The van der Waals surface area contributed by atoms with Crippen molar-refractivity contribution < 1.29 is 9.42 Å². The highest BCUT2D eigenvalue weighted by Gasteiger charge is 2.27. The van der Waals surface area contributed by atoms with Crippen molar-refractivity contribution in [2.45, 2.75) is 39.7 Å². The molecule has 3 aromatic rings. The second-order valence-corrected chi connectivity index (χ2v) is 9.16.